The van der Waals surface area contributed by atoms with Crippen LogP contribution in [-0.4, -0.2) is 10.9 Å². The highest BCUT2D eigenvalue weighted by Crippen LogP contribution is 2.05. The van der Waals surface area contributed by atoms with Crippen molar-refractivity contribution in [3.63, 3.8) is 0 Å². The van der Waals surface area contributed by atoms with E-state index in [0.717, 1.165) is 11.3 Å². The molecule has 0 fully saturated rings. The number of rotatable bonds is 5. The molecule has 1 heterocycles. The van der Waals surface area contributed by atoms with Gasteiger partial charge >= 0.3 is 0 Å². The van der Waals surface area contributed by atoms with Crippen LogP contribution in [0, 0.1) is 6.92 Å². The fourth-order valence-electron chi connectivity index (χ4n) is 1.60. The Labute approximate surface area is 111 Å². The van der Waals surface area contributed by atoms with Crippen molar-refractivity contribution in [3.05, 3.63) is 52.0 Å². The largest absolute Gasteiger partial charge is 0.352 e. The van der Waals surface area contributed by atoms with Gasteiger partial charge < -0.3 is 5.32 Å². The summed E-state index contributed by atoms with van der Waals surface area (Å²) in [4.78, 5) is 15.8. The summed E-state index contributed by atoms with van der Waals surface area (Å²) >= 11 is 1.56. The van der Waals surface area contributed by atoms with Gasteiger partial charge in [-0.3, -0.25) is 4.79 Å². The summed E-state index contributed by atoms with van der Waals surface area (Å²) in [6, 6.07) is 8.18. The summed E-state index contributed by atoms with van der Waals surface area (Å²) in [5.41, 5.74) is 5.14. The number of carbonyl (C=O) groups is 1. The van der Waals surface area contributed by atoms with Crippen LogP contribution in [0.25, 0.3) is 0 Å². The van der Waals surface area contributed by atoms with Crippen molar-refractivity contribution in [2.75, 3.05) is 0 Å². The van der Waals surface area contributed by atoms with E-state index in [0.29, 0.717) is 19.4 Å². The number of thiazole rings is 1. The smallest absolute Gasteiger partial charge is 0.220 e. The average Bonchev–Trinajstić information content (AvgIpc) is 2.89. The normalized spacial score (nSPS) is 10.3. The lowest BCUT2D eigenvalue weighted by Gasteiger charge is -2.05. The molecule has 1 aromatic heterocycles. The minimum absolute atomic E-state index is 0.0728. The van der Waals surface area contributed by atoms with Gasteiger partial charge in [0.1, 0.15) is 0 Å². The lowest BCUT2D eigenvalue weighted by Crippen LogP contribution is -2.23. The topological polar surface area (TPSA) is 42.0 Å². The molecule has 2 aromatic rings. The fraction of sp³-hybridized carbons (Fsp3) is 0.286. The number of nitrogens with zero attached hydrogens (tertiary/aromatic N) is 1. The Balaban J connectivity index is 1.73. The minimum atomic E-state index is 0.0728. The van der Waals surface area contributed by atoms with E-state index in [-0.39, 0.29) is 5.91 Å². The van der Waals surface area contributed by atoms with Crippen LogP contribution < -0.4 is 5.32 Å². The third-order valence-corrected chi connectivity index (χ3v) is 3.34. The number of aromatic nitrogens is 1. The maximum atomic E-state index is 11.6. The molecule has 0 aliphatic heterocycles. The van der Waals surface area contributed by atoms with Gasteiger partial charge in [0.25, 0.3) is 0 Å². The molecule has 0 atom stereocenters. The maximum absolute atomic E-state index is 11.6. The Bertz CT molecular complexity index is 491. The van der Waals surface area contributed by atoms with E-state index in [2.05, 4.69) is 29.4 Å². The molecule has 0 radical (unpaired) electrons. The van der Waals surface area contributed by atoms with Crippen LogP contribution in [0.15, 0.2) is 35.2 Å². The summed E-state index contributed by atoms with van der Waals surface area (Å²) in [6.45, 7) is 2.65. The first-order valence-electron chi connectivity index (χ1n) is 5.93. The molecule has 4 heteroatoms. The zero-order valence-corrected chi connectivity index (χ0v) is 11.2. The van der Waals surface area contributed by atoms with Crippen LogP contribution in [0.1, 0.15) is 23.2 Å². The van der Waals surface area contributed by atoms with Crippen LogP contribution in [0.3, 0.4) is 0 Å². The molecule has 0 saturated heterocycles. The Morgan fingerprint density at radius 3 is 2.78 bits per heavy atom. The predicted molar refractivity (Wildman–Crippen MR) is 73.5 cm³/mol. The first-order chi connectivity index (χ1) is 8.74. The van der Waals surface area contributed by atoms with Gasteiger partial charge in [0.05, 0.1) is 11.2 Å². The van der Waals surface area contributed by atoms with Crippen molar-refractivity contribution in [1.82, 2.24) is 10.3 Å². The Hall–Kier alpha value is -1.68. The molecule has 0 spiro atoms. The summed E-state index contributed by atoms with van der Waals surface area (Å²) in [5, 5.41) is 4.90. The molecule has 0 bridgehead atoms. The average molecular weight is 260 g/mol. The summed E-state index contributed by atoms with van der Waals surface area (Å²) in [6.07, 6.45) is 1.21. The molecule has 0 aliphatic carbocycles. The van der Waals surface area contributed by atoms with Crippen molar-refractivity contribution >= 4 is 17.2 Å². The molecule has 94 valence electrons. The second kappa shape index (κ2) is 6.31. The first kappa shape index (κ1) is 12.8. The number of hydrogen-bond acceptors (Lipinski definition) is 3. The molecule has 0 unspecified atom stereocenters. The van der Waals surface area contributed by atoms with E-state index in [9.17, 15) is 4.79 Å². The SMILES string of the molecule is Cc1ccc(CNC(=O)CCc2cscn2)cc1. The molecule has 1 amide bonds. The molecule has 0 aliphatic rings. The Morgan fingerprint density at radius 1 is 1.33 bits per heavy atom. The maximum Gasteiger partial charge on any atom is 0.220 e. The predicted octanol–water partition coefficient (Wildman–Crippen LogP) is 2.70. The lowest BCUT2D eigenvalue weighted by molar-refractivity contribution is -0.121. The van der Waals surface area contributed by atoms with Crippen molar-refractivity contribution in [3.8, 4) is 0 Å². The van der Waals surface area contributed by atoms with Crippen molar-refractivity contribution in [2.45, 2.75) is 26.3 Å². The van der Waals surface area contributed by atoms with E-state index < -0.39 is 0 Å². The zero-order chi connectivity index (χ0) is 12.8. The van der Waals surface area contributed by atoms with Gasteiger partial charge in [-0.2, -0.15) is 0 Å². The van der Waals surface area contributed by atoms with Gasteiger partial charge in [-0.15, -0.1) is 11.3 Å². The molecular weight excluding hydrogens is 244 g/mol. The van der Waals surface area contributed by atoms with Crippen LogP contribution >= 0.6 is 11.3 Å². The Morgan fingerprint density at radius 2 is 2.11 bits per heavy atom. The first-order valence-corrected chi connectivity index (χ1v) is 6.87. The van der Waals surface area contributed by atoms with Crippen LogP contribution in [0.5, 0.6) is 0 Å². The second-order valence-corrected chi connectivity index (χ2v) is 4.96. The number of hydrogen-bond donors (Lipinski definition) is 1. The number of nitrogens with one attached hydrogen (secondary N) is 1. The van der Waals surface area contributed by atoms with E-state index >= 15 is 0 Å². The summed E-state index contributed by atoms with van der Waals surface area (Å²) < 4.78 is 0. The fourth-order valence-corrected chi connectivity index (χ4v) is 2.19. The summed E-state index contributed by atoms with van der Waals surface area (Å²) in [7, 11) is 0. The van der Waals surface area contributed by atoms with Crippen LogP contribution in [0.4, 0.5) is 0 Å². The third-order valence-electron chi connectivity index (χ3n) is 2.70. The highest BCUT2D eigenvalue weighted by Gasteiger charge is 2.03. The lowest BCUT2D eigenvalue weighted by atomic mass is 10.1. The molecule has 18 heavy (non-hydrogen) atoms. The number of carbonyl (C=O) groups excluding carboxylic acids is 1. The van der Waals surface area contributed by atoms with Gasteiger partial charge in [0.2, 0.25) is 5.91 Å². The second-order valence-electron chi connectivity index (χ2n) is 4.24. The van der Waals surface area contributed by atoms with Crippen molar-refractivity contribution in [1.29, 1.82) is 0 Å². The highest BCUT2D eigenvalue weighted by molar-refractivity contribution is 7.07. The molecule has 0 saturated carbocycles. The number of aryl methyl sites for hydroxylation is 2. The van der Waals surface area contributed by atoms with E-state index in [1.165, 1.54) is 5.56 Å². The van der Waals surface area contributed by atoms with Gasteiger partial charge in [0, 0.05) is 18.3 Å². The molecule has 1 aromatic carbocycles. The zero-order valence-electron chi connectivity index (χ0n) is 10.3. The summed E-state index contributed by atoms with van der Waals surface area (Å²) in [5.74, 6) is 0.0728. The molecule has 3 nitrogen and oxygen atoms in total. The Kier molecular flexibility index (Phi) is 4.47. The van der Waals surface area contributed by atoms with E-state index in [4.69, 9.17) is 0 Å². The highest BCUT2D eigenvalue weighted by atomic mass is 32.1. The molecular formula is C14H16N2OS. The van der Waals surface area contributed by atoms with Crippen molar-refractivity contribution < 1.29 is 4.79 Å². The minimum Gasteiger partial charge on any atom is -0.352 e. The monoisotopic (exact) mass is 260 g/mol. The molecule has 2 rings (SSSR count). The van der Waals surface area contributed by atoms with Crippen molar-refractivity contribution in [2.24, 2.45) is 0 Å². The van der Waals surface area contributed by atoms with Crippen LogP contribution in [0.2, 0.25) is 0 Å². The van der Waals surface area contributed by atoms with Gasteiger partial charge in [-0.25, -0.2) is 4.98 Å². The molecule has 1 N–H and O–H groups in total. The standard InChI is InChI=1S/C14H16N2OS/c1-11-2-4-12(5-3-11)8-15-14(17)7-6-13-9-18-10-16-13/h2-5,9-10H,6-8H2,1H3,(H,15,17). The van der Waals surface area contributed by atoms with Gasteiger partial charge in [-0.1, -0.05) is 29.8 Å². The number of amides is 1. The van der Waals surface area contributed by atoms with Gasteiger partial charge in [-0.05, 0) is 18.9 Å². The van der Waals surface area contributed by atoms with Crippen LogP contribution in [-0.2, 0) is 17.8 Å². The van der Waals surface area contributed by atoms with Gasteiger partial charge in [0.15, 0.2) is 0 Å². The van der Waals surface area contributed by atoms with E-state index in [1.807, 2.05) is 17.5 Å². The van der Waals surface area contributed by atoms with E-state index in [1.54, 1.807) is 16.8 Å². The number of benzene rings is 1. The quantitative estimate of drug-likeness (QED) is 0.898. The third kappa shape index (κ3) is 3.96.